The van der Waals surface area contributed by atoms with Crippen molar-refractivity contribution in [2.75, 3.05) is 21.3 Å². The van der Waals surface area contributed by atoms with E-state index in [0.29, 0.717) is 22.9 Å². The predicted molar refractivity (Wildman–Crippen MR) is 83.1 cm³/mol. The second-order valence-corrected chi connectivity index (χ2v) is 4.91. The molecule has 0 radical (unpaired) electrons. The number of aromatic nitrogens is 3. The van der Waals surface area contributed by atoms with E-state index in [2.05, 4.69) is 20.7 Å². The zero-order chi connectivity index (χ0) is 17.0. The van der Waals surface area contributed by atoms with Gasteiger partial charge in [0, 0.05) is 0 Å². The van der Waals surface area contributed by atoms with Gasteiger partial charge in [-0.05, 0) is 31.5 Å². The van der Waals surface area contributed by atoms with E-state index in [1.54, 1.807) is 40.4 Å². The normalized spacial score (nSPS) is 11.7. The lowest BCUT2D eigenvalue weighted by Crippen LogP contribution is -2.27. The van der Waals surface area contributed by atoms with Gasteiger partial charge >= 0.3 is 0 Å². The minimum absolute atomic E-state index is 0.268. The number of ether oxygens (including phenoxy) is 3. The maximum absolute atomic E-state index is 12.2. The van der Waals surface area contributed by atoms with Crippen LogP contribution in [0.5, 0.6) is 17.2 Å². The molecule has 8 heteroatoms. The summed E-state index contributed by atoms with van der Waals surface area (Å²) in [5, 5.41) is 13.0. The smallest absolute Gasteiger partial charge is 0.274 e. The first-order valence-corrected chi connectivity index (χ1v) is 7.00. The van der Waals surface area contributed by atoms with Crippen LogP contribution >= 0.6 is 0 Å². The van der Waals surface area contributed by atoms with E-state index >= 15 is 0 Å². The number of rotatable bonds is 6. The van der Waals surface area contributed by atoms with Crippen LogP contribution in [-0.2, 0) is 0 Å². The fourth-order valence-corrected chi connectivity index (χ4v) is 2.20. The molecule has 1 heterocycles. The Morgan fingerprint density at radius 2 is 1.74 bits per heavy atom. The highest BCUT2D eigenvalue weighted by molar-refractivity contribution is 5.93. The number of benzene rings is 1. The summed E-state index contributed by atoms with van der Waals surface area (Å²) in [5.74, 6) is 1.25. The molecular weight excluding hydrogens is 300 g/mol. The van der Waals surface area contributed by atoms with Gasteiger partial charge in [-0.2, -0.15) is 15.4 Å². The number of nitrogens with zero attached hydrogens (tertiary/aromatic N) is 2. The minimum atomic E-state index is -0.308. The molecule has 0 bridgehead atoms. The fraction of sp³-hybridized carbons (Fsp3) is 0.400. The first-order chi connectivity index (χ1) is 11.0. The van der Waals surface area contributed by atoms with Crippen LogP contribution in [-0.4, -0.2) is 42.6 Å². The van der Waals surface area contributed by atoms with E-state index in [0.717, 1.165) is 5.56 Å². The third-order valence-corrected chi connectivity index (χ3v) is 3.47. The number of methoxy groups -OCH3 is 3. The second-order valence-electron chi connectivity index (χ2n) is 4.91. The van der Waals surface area contributed by atoms with Gasteiger partial charge < -0.3 is 19.5 Å². The Kier molecular flexibility index (Phi) is 5.05. The maximum Gasteiger partial charge on any atom is 0.274 e. The van der Waals surface area contributed by atoms with Gasteiger partial charge in [-0.3, -0.25) is 4.79 Å². The molecule has 2 rings (SSSR count). The quantitative estimate of drug-likeness (QED) is 0.839. The lowest BCUT2D eigenvalue weighted by molar-refractivity contribution is 0.0934. The van der Waals surface area contributed by atoms with Crippen molar-refractivity contribution in [2.24, 2.45) is 0 Å². The number of hydrogen-bond acceptors (Lipinski definition) is 6. The Balaban J connectivity index is 2.27. The summed E-state index contributed by atoms with van der Waals surface area (Å²) in [5.41, 5.74) is 1.62. The van der Waals surface area contributed by atoms with Crippen molar-refractivity contribution in [3.8, 4) is 17.2 Å². The van der Waals surface area contributed by atoms with Crippen LogP contribution in [0.15, 0.2) is 12.1 Å². The molecule has 1 atom stereocenters. The first kappa shape index (κ1) is 16.6. The van der Waals surface area contributed by atoms with Crippen molar-refractivity contribution in [1.29, 1.82) is 0 Å². The summed E-state index contributed by atoms with van der Waals surface area (Å²) in [7, 11) is 4.63. The van der Waals surface area contributed by atoms with Crippen LogP contribution in [0.3, 0.4) is 0 Å². The molecule has 0 fully saturated rings. The summed E-state index contributed by atoms with van der Waals surface area (Å²) >= 11 is 0. The first-order valence-electron chi connectivity index (χ1n) is 7.00. The molecule has 0 saturated carbocycles. The molecule has 1 unspecified atom stereocenters. The number of aryl methyl sites for hydroxylation is 1. The number of carbonyl (C=O) groups excluding carboxylic acids is 1. The Bertz CT molecular complexity index is 674. The summed E-state index contributed by atoms with van der Waals surface area (Å²) in [4.78, 5) is 12.2. The Labute approximate surface area is 134 Å². The van der Waals surface area contributed by atoms with Crippen molar-refractivity contribution >= 4 is 5.91 Å². The molecule has 0 aliphatic carbocycles. The van der Waals surface area contributed by atoms with E-state index in [4.69, 9.17) is 14.2 Å². The SMILES string of the molecule is COc1cc(C(C)NC(=O)c2n[nH]nc2C)cc(OC)c1OC. The zero-order valence-corrected chi connectivity index (χ0v) is 13.8. The molecule has 2 N–H and O–H groups in total. The average Bonchev–Trinajstić information content (AvgIpc) is 2.99. The van der Waals surface area contributed by atoms with Crippen molar-refractivity contribution in [1.82, 2.24) is 20.7 Å². The highest BCUT2D eigenvalue weighted by Gasteiger charge is 2.20. The summed E-state index contributed by atoms with van der Waals surface area (Å²) < 4.78 is 15.9. The van der Waals surface area contributed by atoms with E-state index in [9.17, 15) is 4.79 Å². The van der Waals surface area contributed by atoms with Crippen LogP contribution in [0, 0.1) is 6.92 Å². The monoisotopic (exact) mass is 320 g/mol. The molecule has 0 aliphatic rings. The number of aromatic amines is 1. The van der Waals surface area contributed by atoms with Crippen LogP contribution in [0.1, 0.15) is 34.7 Å². The standard InChI is InChI=1S/C15H20N4O4/c1-8(16-15(20)13-9(2)17-19-18-13)10-6-11(21-3)14(23-5)12(7-10)22-4/h6-8H,1-5H3,(H,16,20)(H,17,18,19). The predicted octanol–water partition coefficient (Wildman–Crippen LogP) is 1.63. The van der Waals surface area contributed by atoms with Crippen molar-refractivity contribution in [2.45, 2.75) is 19.9 Å². The third-order valence-electron chi connectivity index (χ3n) is 3.47. The van der Waals surface area contributed by atoms with Gasteiger partial charge in [0.25, 0.3) is 5.91 Å². The Morgan fingerprint density at radius 3 is 2.17 bits per heavy atom. The minimum Gasteiger partial charge on any atom is -0.493 e. The number of amides is 1. The van der Waals surface area contributed by atoms with Crippen molar-refractivity contribution in [3.05, 3.63) is 29.1 Å². The van der Waals surface area contributed by atoms with Crippen LogP contribution < -0.4 is 19.5 Å². The number of nitrogens with one attached hydrogen (secondary N) is 2. The lowest BCUT2D eigenvalue weighted by Gasteiger charge is -2.18. The molecule has 1 aromatic carbocycles. The molecule has 2 aromatic rings. The van der Waals surface area contributed by atoms with Gasteiger partial charge in [-0.1, -0.05) is 0 Å². The van der Waals surface area contributed by atoms with Crippen molar-refractivity contribution < 1.29 is 19.0 Å². The van der Waals surface area contributed by atoms with Crippen LogP contribution in [0.25, 0.3) is 0 Å². The molecule has 0 spiro atoms. The molecule has 124 valence electrons. The highest BCUT2D eigenvalue weighted by Crippen LogP contribution is 2.39. The summed E-state index contributed by atoms with van der Waals surface area (Å²) in [6.07, 6.45) is 0. The Morgan fingerprint density at radius 1 is 1.13 bits per heavy atom. The van der Waals surface area contributed by atoms with Gasteiger partial charge in [-0.15, -0.1) is 0 Å². The molecule has 8 nitrogen and oxygen atoms in total. The topological polar surface area (TPSA) is 98.4 Å². The fourth-order valence-electron chi connectivity index (χ4n) is 2.20. The Hall–Kier alpha value is -2.77. The van der Waals surface area contributed by atoms with E-state index < -0.39 is 0 Å². The molecule has 0 aliphatic heterocycles. The van der Waals surface area contributed by atoms with Gasteiger partial charge in [-0.25, -0.2) is 0 Å². The van der Waals surface area contributed by atoms with Gasteiger partial charge in [0.1, 0.15) is 0 Å². The zero-order valence-electron chi connectivity index (χ0n) is 13.8. The summed E-state index contributed by atoms with van der Waals surface area (Å²) in [6.45, 7) is 3.57. The molecule has 0 saturated heterocycles. The third kappa shape index (κ3) is 3.36. The summed E-state index contributed by atoms with van der Waals surface area (Å²) in [6, 6.07) is 3.30. The molecule has 23 heavy (non-hydrogen) atoms. The van der Waals surface area contributed by atoms with E-state index in [1.807, 2.05) is 6.92 Å². The average molecular weight is 320 g/mol. The highest BCUT2D eigenvalue weighted by atomic mass is 16.5. The van der Waals surface area contributed by atoms with Crippen LogP contribution in [0.4, 0.5) is 0 Å². The largest absolute Gasteiger partial charge is 0.493 e. The van der Waals surface area contributed by atoms with Gasteiger partial charge in [0.15, 0.2) is 17.2 Å². The second kappa shape index (κ2) is 6.99. The van der Waals surface area contributed by atoms with Gasteiger partial charge in [0.05, 0.1) is 33.1 Å². The molecule has 1 amide bonds. The maximum atomic E-state index is 12.2. The van der Waals surface area contributed by atoms with E-state index in [-0.39, 0.29) is 17.6 Å². The van der Waals surface area contributed by atoms with Crippen molar-refractivity contribution in [3.63, 3.8) is 0 Å². The number of hydrogen-bond donors (Lipinski definition) is 2. The van der Waals surface area contributed by atoms with Gasteiger partial charge in [0.2, 0.25) is 5.75 Å². The molecule has 1 aromatic heterocycles. The van der Waals surface area contributed by atoms with Crippen LogP contribution in [0.2, 0.25) is 0 Å². The number of H-pyrrole nitrogens is 1. The number of carbonyl (C=O) groups is 1. The molecular formula is C15H20N4O4. The van der Waals surface area contributed by atoms with E-state index in [1.165, 1.54) is 0 Å². The lowest BCUT2D eigenvalue weighted by atomic mass is 10.1.